The second-order valence-corrected chi connectivity index (χ2v) is 9.79. The molecule has 0 unspecified atom stereocenters. The van der Waals surface area contributed by atoms with E-state index in [-0.39, 0.29) is 29.8 Å². The van der Waals surface area contributed by atoms with Gasteiger partial charge in [-0.2, -0.15) is 4.31 Å². The number of piperidine rings is 1. The molecule has 1 aliphatic heterocycles. The Morgan fingerprint density at radius 1 is 1.06 bits per heavy atom. The van der Waals surface area contributed by atoms with Gasteiger partial charge in [0.1, 0.15) is 5.75 Å². The largest absolute Gasteiger partial charge is 0.573 e. The number of benzene rings is 2. The standard InChI is InChI=1S/C23H27F3N2O4S/c1-3-16-7-5-8-17(4-2)21(16)27-22(29)18-11-13-28(14-12-18)33(30,31)20-10-6-9-19(15-20)32-23(24,25)26/h5-10,15,18H,3-4,11-14H2,1-2H3,(H,27,29). The molecule has 10 heteroatoms. The lowest BCUT2D eigenvalue weighted by atomic mass is 9.96. The van der Waals surface area contributed by atoms with Gasteiger partial charge >= 0.3 is 6.36 Å². The van der Waals surface area contributed by atoms with Crippen molar-refractivity contribution < 1.29 is 31.1 Å². The van der Waals surface area contributed by atoms with Gasteiger partial charge < -0.3 is 10.1 Å². The minimum Gasteiger partial charge on any atom is -0.406 e. The van der Waals surface area contributed by atoms with Crippen molar-refractivity contribution in [3.63, 3.8) is 0 Å². The predicted molar refractivity (Wildman–Crippen MR) is 118 cm³/mol. The normalized spacial score (nSPS) is 15.9. The van der Waals surface area contributed by atoms with Crippen LogP contribution >= 0.6 is 0 Å². The molecule has 2 aromatic carbocycles. The summed E-state index contributed by atoms with van der Waals surface area (Å²) in [4.78, 5) is 12.6. The molecular formula is C23H27F3N2O4S. The molecule has 1 amide bonds. The van der Waals surface area contributed by atoms with E-state index in [1.165, 1.54) is 16.4 Å². The van der Waals surface area contributed by atoms with E-state index in [9.17, 15) is 26.4 Å². The van der Waals surface area contributed by atoms with Crippen molar-refractivity contribution >= 4 is 21.6 Å². The average molecular weight is 485 g/mol. The van der Waals surface area contributed by atoms with Crippen LogP contribution in [-0.4, -0.2) is 38.1 Å². The number of ether oxygens (including phenoxy) is 1. The van der Waals surface area contributed by atoms with E-state index in [2.05, 4.69) is 10.1 Å². The highest BCUT2D eigenvalue weighted by Gasteiger charge is 2.34. The van der Waals surface area contributed by atoms with Gasteiger partial charge in [-0.3, -0.25) is 4.79 Å². The van der Waals surface area contributed by atoms with Gasteiger partial charge in [-0.25, -0.2) is 8.42 Å². The minimum absolute atomic E-state index is 0.0981. The monoisotopic (exact) mass is 484 g/mol. The van der Waals surface area contributed by atoms with Gasteiger partial charge in [-0.1, -0.05) is 38.1 Å². The number of halogens is 3. The van der Waals surface area contributed by atoms with Gasteiger partial charge in [0.2, 0.25) is 15.9 Å². The molecule has 0 spiro atoms. The van der Waals surface area contributed by atoms with Crippen LogP contribution < -0.4 is 10.1 Å². The van der Waals surface area contributed by atoms with Crippen molar-refractivity contribution in [3.8, 4) is 5.75 Å². The fourth-order valence-corrected chi connectivity index (χ4v) is 5.47. The number of aryl methyl sites for hydroxylation is 2. The van der Waals surface area contributed by atoms with Crippen LogP contribution in [-0.2, 0) is 27.7 Å². The minimum atomic E-state index is -4.91. The quantitative estimate of drug-likeness (QED) is 0.616. The zero-order chi connectivity index (χ0) is 24.2. The Morgan fingerprint density at radius 3 is 2.18 bits per heavy atom. The average Bonchev–Trinajstić information content (AvgIpc) is 2.78. The Kier molecular flexibility index (Phi) is 7.69. The number of anilines is 1. The first-order valence-corrected chi connectivity index (χ1v) is 12.3. The summed E-state index contributed by atoms with van der Waals surface area (Å²) in [6.07, 6.45) is -2.73. The molecule has 6 nitrogen and oxygen atoms in total. The first kappa shape index (κ1) is 25.0. The Labute approximate surface area is 191 Å². The molecule has 180 valence electrons. The maximum Gasteiger partial charge on any atom is 0.573 e. The zero-order valence-corrected chi connectivity index (χ0v) is 19.3. The highest BCUT2D eigenvalue weighted by atomic mass is 32.2. The Hall–Kier alpha value is -2.59. The number of nitrogens with one attached hydrogen (secondary N) is 1. The molecule has 0 atom stereocenters. The van der Waals surface area contributed by atoms with Gasteiger partial charge in [0, 0.05) is 30.8 Å². The lowest BCUT2D eigenvalue weighted by Crippen LogP contribution is -2.41. The van der Waals surface area contributed by atoms with E-state index in [4.69, 9.17) is 0 Å². The molecule has 1 fully saturated rings. The third kappa shape index (κ3) is 6.05. The number of sulfonamides is 1. The summed E-state index contributed by atoms with van der Waals surface area (Å²) in [6.45, 7) is 4.23. The van der Waals surface area contributed by atoms with Gasteiger partial charge in [0.15, 0.2) is 0 Å². The van der Waals surface area contributed by atoms with Crippen LogP contribution in [0, 0.1) is 5.92 Å². The topological polar surface area (TPSA) is 75.7 Å². The van der Waals surface area contributed by atoms with Crippen LogP contribution in [0.15, 0.2) is 47.4 Å². The van der Waals surface area contributed by atoms with E-state index < -0.39 is 22.1 Å². The molecule has 0 aliphatic carbocycles. The molecule has 1 heterocycles. The summed E-state index contributed by atoms with van der Waals surface area (Å²) in [5, 5.41) is 3.04. The summed E-state index contributed by atoms with van der Waals surface area (Å²) in [5.41, 5.74) is 2.91. The summed E-state index contributed by atoms with van der Waals surface area (Å²) >= 11 is 0. The van der Waals surface area contributed by atoms with Gasteiger partial charge in [0.05, 0.1) is 4.90 Å². The maximum absolute atomic E-state index is 12.9. The lowest BCUT2D eigenvalue weighted by molar-refractivity contribution is -0.274. The molecule has 1 saturated heterocycles. The highest BCUT2D eigenvalue weighted by molar-refractivity contribution is 7.89. The second-order valence-electron chi connectivity index (χ2n) is 7.85. The molecule has 2 aromatic rings. The van der Waals surface area contributed by atoms with Crippen LogP contribution in [0.5, 0.6) is 5.75 Å². The number of carbonyl (C=O) groups is 1. The molecule has 1 N–H and O–H groups in total. The Balaban J connectivity index is 1.67. The smallest absolute Gasteiger partial charge is 0.406 e. The van der Waals surface area contributed by atoms with Crippen molar-refractivity contribution in [1.29, 1.82) is 0 Å². The van der Waals surface area contributed by atoms with Crippen molar-refractivity contribution in [2.75, 3.05) is 18.4 Å². The molecular weight excluding hydrogens is 457 g/mol. The number of alkyl halides is 3. The molecule has 3 rings (SSSR count). The van der Waals surface area contributed by atoms with E-state index >= 15 is 0 Å². The third-order valence-corrected chi connectivity index (χ3v) is 7.64. The first-order valence-electron chi connectivity index (χ1n) is 10.8. The first-order chi connectivity index (χ1) is 15.5. The maximum atomic E-state index is 12.9. The number of hydrogen-bond acceptors (Lipinski definition) is 4. The highest BCUT2D eigenvalue weighted by Crippen LogP contribution is 2.30. The molecule has 1 aliphatic rings. The number of carbonyl (C=O) groups excluding carboxylic acids is 1. The number of hydrogen-bond donors (Lipinski definition) is 1. The number of nitrogens with zero attached hydrogens (tertiary/aromatic N) is 1. The van der Waals surface area contributed by atoms with Gasteiger partial charge in [0.25, 0.3) is 0 Å². The molecule has 0 radical (unpaired) electrons. The summed E-state index contributed by atoms with van der Waals surface area (Å²) in [7, 11) is -4.02. The van der Waals surface area contributed by atoms with Crippen molar-refractivity contribution in [2.45, 2.75) is 50.8 Å². The summed E-state index contributed by atoms with van der Waals surface area (Å²) in [5.74, 6) is -1.10. The van der Waals surface area contributed by atoms with Crippen LogP contribution in [0.1, 0.15) is 37.8 Å². The van der Waals surface area contributed by atoms with Gasteiger partial charge in [-0.15, -0.1) is 13.2 Å². The molecule has 0 bridgehead atoms. The second kappa shape index (κ2) is 10.1. The third-order valence-electron chi connectivity index (χ3n) is 5.75. The van der Waals surface area contributed by atoms with Crippen LogP contribution in [0.25, 0.3) is 0 Å². The van der Waals surface area contributed by atoms with Gasteiger partial charge in [-0.05, 0) is 48.9 Å². The zero-order valence-electron chi connectivity index (χ0n) is 18.5. The Bertz CT molecular complexity index is 1070. The van der Waals surface area contributed by atoms with Crippen LogP contribution in [0.4, 0.5) is 18.9 Å². The number of para-hydroxylation sites is 1. The summed E-state index contributed by atoms with van der Waals surface area (Å²) < 4.78 is 68.3. The fraction of sp³-hybridized carbons (Fsp3) is 0.435. The van der Waals surface area contributed by atoms with Crippen LogP contribution in [0.3, 0.4) is 0 Å². The number of rotatable bonds is 7. The summed E-state index contributed by atoms with van der Waals surface area (Å²) in [6, 6.07) is 10.2. The SMILES string of the molecule is CCc1cccc(CC)c1NC(=O)C1CCN(S(=O)(=O)c2cccc(OC(F)(F)F)c2)CC1. The lowest BCUT2D eigenvalue weighted by Gasteiger charge is -2.31. The fourth-order valence-electron chi connectivity index (χ4n) is 3.97. The van der Waals surface area contributed by atoms with Crippen molar-refractivity contribution in [1.82, 2.24) is 4.31 Å². The van der Waals surface area contributed by atoms with E-state index in [0.29, 0.717) is 12.8 Å². The predicted octanol–water partition coefficient (Wildman–Crippen LogP) is 4.75. The van der Waals surface area contributed by atoms with E-state index in [0.717, 1.165) is 41.8 Å². The Morgan fingerprint density at radius 2 is 1.64 bits per heavy atom. The molecule has 0 aromatic heterocycles. The molecule has 33 heavy (non-hydrogen) atoms. The van der Waals surface area contributed by atoms with E-state index in [1.807, 2.05) is 32.0 Å². The van der Waals surface area contributed by atoms with Crippen molar-refractivity contribution in [3.05, 3.63) is 53.6 Å². The molecule has 0 saturated carbocycles. The van der Waals surface area contributed by atoms with E-state index in [1.54, 1.807) is 0 Å². The van der Waals surface area contributed by atoms with Crippen molar-refractivity contribution in [2.24, 2.45) is 5.92 Å². The van der Waals surface area contributed by atoms with Crippen LogP contribution in [0.2, 0.25) is 0 Å². The number of amides is 1.